The molecule has 1 unspecified atom stereocenters. The maximum atomic E-state index is 4.36. The zero-order valence-electron chi connectivity index (χ0n) is 11.6. The second-order valence-corrected chi connectivity index (χ2v) is 4.71. The molecule has 1 rings (SSSR count). The summed E-state index contributed by atoms with van der Waals surface area (Å²) in [7, 11) is 4.22. The summed E-state index contributed by atoms with van der Waals surface area (Å²) in [5.41, 5.74) is 0. The summed E-state index contributed by atoms with van der Waals surface area (Å²) in [5, 5.41) is 3.36. The molecule has 98 valence electrons. The minimum absolute atomic E-state index is 0.602. The molecular weight excluding hydrogens is 212 g/mol. The SMILES string of the molecule is CCNCCCC(C)N(C)Cc1nccn1C. The topological polar surface area (TPSA) is 33.1 Å². The van der Waals surface area contributed by atoms with Gasteiger partial charge in [0, 0.05) is 25.5 Å². The molecule has 0 aliphatic rings. The van der Waals surface area contributed by atoms with Crippen LogP contribution in [0.2, 0.25) is 0 Å². The lowest BCUT2D eigenvalue weighted by Crippen LogP contribution is -2.30. The molecular formula is C13H26N4. The molecule has 0 spiro atoms. The first-order chi connectivity index (χ1) is 8.15. The lowest BCUT2D eigenvalue weighted by atomic mass is 10.1. The van der Waals surface area contributed by atoms with Crippen LogP contribution in [-0.2, 0) is 13.6 Å². The Morgan fingerprint density at radius 1 is 1.53 bits per heavy atom. The van der Waals surface area contributed by atoms with Gasteiger partial charge in [0.05, 0.1) is 6.54 Å². The summed E-state index contributed by atoms with van der Waals surface area (Å²) in [5.74, 6) is 1.13. The molecule has 1 heterocycles. The van der Waals surface area contributed by atoms with Crippen LogP contribution < -0.4 is 5.32 Å². The van der Waals surface area contributed by atoms with E-state index in [1.807, 2.05) is 19.4 Å². The van der Waals surface area contributed by atoms with E-state index in [1.54, 1.807) is 0 Å². The van der Waals surface area contributed by atoms with Crippen molar-refractivity contribution < 1.29 is 0 Å². The smallest absolute Gasteiger partial charge is 0.122 e. The van der Waals surface area contributed by atoms with E-state index in [9.17, 15) is 0 Å². The van der Waals surface area contributed by atoms with E-state index in [0.717, 1.165) is 25.5 Å². The van der Waals surface area contributed by atoms with Gasteiger partial charge in [0.25, 0.3) is 0 Å². The van der Waals surface area contributed by atoms with Crippen LogP contribution in [-0.4, -0.2) is 40.6 Å². The van der Waals surface area contributed by atoms with Crippen molar-refractivity contribution in [2.45, 2.75) is 39.3 Å². The van der Waals surface area contributed by atoms with Crippen LogP contribution >= 0.6 is 0 Å². The number of aryl methyl sites for hydroxylation is 1. The highest BCUT2D eigenvalue weighted by Crippen LogP contribution is 2.08. The van der Waals surface area contributed by atoms with Gasteiger partial charge in [-0.25, -0.2) is 4.98 Å². The second-order valence-electron chi connectivity index (χ2n) is 4.71. The average molecular weight is 238 g/mol. The van der Waals surface area contributed by atoms with Crippen LogP contribution in [0.1, 0.15) is 32.5 Å². The highest BCUT2D eigenvalue weighted by Gasteiger charge is 2.11. The molecule has 17 heavy (non-hydrogen) atoms. The van der Waals surface area contributed by atoms with Crippen molar-refractivity contribution >= 4 is 0 Å². The fraction of sp³-hybridized carbons (Fsp3) is 0.769. The number of nitrogens with zero attached hydrogens (tertiary/aromatic N) is 3. The van der Waals surface area contributed by atoms with Crippen LogP contribution in [0.3, 0.4) is 0 Å². The van der Waals surface area contributed by atoms with E-state index in [0.29, 0.717) is 6.04 Å². The molecule has 0 aromatic carbocycles. The predicted molar refractivity (Wildman–Crippen MR) is 71.9 cm³/mol. The molecule has 4 heteroatoms. The van der Waals surface area contributed by atoms with Gasteiger partial charge in [-0.3, -0.25) is 4.90 Å². The van der Waals surface area contributed by atoms with E-state index in [2.05, 4.69) is 40.7 Å². The molecule has 0 saturated carbocycles. The van der Waals surface area contributed by atoms with Gasteiger partial charge in [-0.1, -0.05) is 6.92 Å². The Hall–Kier alpha value is -0.870. The van der Waals surface area contributed by atoms with E-state index in [-0.39, 0.29) is 0 Å². The van der Waals surface area contributed by atoms with Gasteiger partial charge < -0.3 is 9.88 Å². The number of imidazole rings is 1. The first-order valence-electron chi connectivity index (χ1n) is 6.52. The zero-order valence-corrected chi connectivity index (χ0v) is 11.6. The van der Waals surface area contributed by atoms with Crippen molar-refractivity contribution in [3.8, 4) is 0 Å². The van der Waals surface area contributed by atoms with Gasteiger partial charge in [0.2, 0.25) is 0 Å². The predicted octanol–water partition coefficient (Wildman–Crippen LogP) is 1.63. The average Bonchev–Trinajstić information content (AvgIpc) is 2.70. The lowest BCUT2D eigenvalue weighted by molar-refractivity contribution is 0.227. The third-order valence-corrected chi connectivity index (χ3v) is 3.29. The lowest BCUT2D eigenvalue weighted by Gasteiger charge is -2.24. The Kier molecular flexibility index (Phi) is 6.22. The third-order valence-electron chi connectivity index (χ3n) is 3.29. The Morgan fingerprint density at radius 2 is 2.29 bits per heavy atom. The van der Waals surface area contributed by atoms with Gasteiger partial charge >= 0.3 is 0 Å². The molecule has 0 aliphatic heterocycles. The summed E-state index contributed by atoms with van der Waals surface area (Å²) in [6.07, 6.45) is 6.33. The minimum atomic E-state index is 0.602. The molecule has 1 N–H and O–H groups in total. The molecule has 1 aromatic heterocycles. The fourth-order valence-electron chi connectivity index (χ4n) is 1.85. The highest BCUT2D eigenvalue weighted by atomic mass is 15.2. The molecule has 0 radical (unpaired) electrons. The molecule has 4 nitrogen and oxygen atoms in total. The Labute approximate surface area is 105 Å². The summed E-state index contributed by atoms with van der Waals surface area (Å²) in [6, 6.07) is 0.602. The second kappa shape index (κ2) is 7.45. The van der Waals surface area contributed by atoms with Crippen LogP contribution in [0.5, 0.6) is 0 Å². The molecule has 1 aromatic rings. The number of hydrogen-bond donors (Lipinski definition) is 1. The van der Waals surface area contributed by atoms with Crippen molar-refractivity contribution in [2.75, 3.05) is 20.1 Å². The summed E-state index contributed by atoms with van der Waals surface area (Å²) in [4.78, 5) is 6.73. The van der Waals surface area contributed by atoms with Crippen molar-refractivity contribution in [3.63, 3.8) is 0 Å². The molecule has 0 amide bonds. The van der Waals surface area contributed by atoms with Gasteiger partial charge in [-0.05, 0) is 39.9 Å². The first-order valence-corrected chi connectivity index (χ1v) is 6.52. The standard InChI is InChI=1S/C13H26N4/c1-5-14-8-6-7-12(2)17(4)11-13-15-9-10-16(13)3/h9-10,12,14H,5-8,11H2,1-4H3. The van der Waals surface area contributed by atoms with Crippen LogP contribution in [0.25, 0.3) is 0 Å². The molecule has 0 fully saturated rings. The van der Waals surface area contributed by atoms with Crippen molar-refractivity contribution in [2.24, 2.45) is 7.05 Å². The summed E-state index contributed by atoms with van der Waals surface area (Å²) >= 11 is 0. The van der Waals surface area contributed by atoms with E-state index >= 15 is 0 Å². The highest BCUT2D eigenvalue weighted by molar-refractivity contribution is 4.91. The van der Waals surface area contributed by atoms with Gasteiger partial charge in [-0.2, -0.15) is 0 Å². The van der Waals surface area contributed by atoms with E-state index < -0.39 is 0 Å². The quantitative estimate of drug-likeness (QED) is 0.699. The zero-order chi connectivity index (χ0) is 12.7. The van der Waals surface area contributed by atoms with Crippen molar-refractivity contribution in [1.29, 1.82) is 0 Å². The largest absolute Gasteiger partial charge is 0.337 e. The third kappa shape index (κ3) is 4.88. The summed E-state index contributed by atoms with van der Waals surface area (Å²) < 4.78 is 2.09. The minimum Gasteiger partial charge on any atom is -0.337 e. The number of rotatable bonds is 8. The van der Waals surface area contributed by atoms with E-state index in [4.69, 9.17) is 0 Å². The molecule has 0 bridgehead atoms. The van der Waals surface area contributed by atoms with Crippen LogP contribution in [0, 0.1) is 0 Å². The fourth-order valence-corrected chi connectivity index (χ4v) is 1.85. The number of aromatic nitrogens is 2. The summed E-state index contributed by atoms with van der Waals surface area (Å²) in [6.45, 7) is 7.55. The van der Waals surface area contributed by atoms with Gasteiger partial charge in [-0.15, -0.1) is 0 Å². The van der Waals surface area contributed by atoms with E-state index in [1.165, 1.54) is 12.8 Å². The molecule has 0 aliphatic carbocycles. The Bertz CT molecular complexity index is 308. The Morgan fingerprint density at radius 3 is 2.88 bits per heavy atom. The molecule has 1 atom stereocenters. The van der Waals surface area contributed by atoms with Gasteiger partial charge in [0.1, 0.15) is 5.82 Å². The number of hydrogen-bond acceptors (Lipinski definition) is 3. The normalized spacial score (nSPS) is 13.2. The van der Waals surface area contributed by atoms with Crippen molar-refractivity contribution in [3.05, 3.63) is 18.2 Å². The van der Waals surface area contributed by atoms with Crippen LogP contribution in [0.15, 0.2) is 12.4 Å². The first kappa shape index (κ1) is 14.2. The monoisotopic (exact) mass is 238 g/mol. The Balaban J connectivity index is 2.27. The maximum Gasteiger partial charge on any atom is 0.122 e. The number of nitrogens with one attached hydrogen (secondary N) is 1. The van der Waals surface area contributed by atoms with Crippen molar-refractivity contribution in [1.82, 2.24) is 19.8 Å². The van der Waals surface area contributed by atoms with Crippen LogP contribution in [0.4, 0.5) is 0 Å². The molecule has 0 saturated heterocycles. The van der Waals surface area contributed by atoms with Gasteiger partial charge in [0.15, 0.2) is 0 Å². The maximum absolute atomic E-state index is 4.36.